The number of halogens is 1. The Hall–Kier alpha value is -2.78. The lowest BCUT2D eigenvalue weighted by atomic mass is 10.1. The van der Waals surface area contributed by atoms with Crippen LogP contribution in [0, 0.1) is 12.7 Å². The second-order valence-electron chi connectivity index (χ2n) is 5.60. The lowest BCUT2D eigenvalue weighted by Gasteiger charge is -2.31. The van der Waals surface area contributed by atoms with Gasteiger partial charge in [-0.25, -0.2) is 13.9 Å². The summed E-state index contributed by atoms with van der Waals surface area (Å²) in [6, 6.07) is 7.36. The Morgan fingerprint density at radius 2 is 2.08 bits per heavy atom. The van der Waals surface area contributed by atoms with E-state index in [1.807, 2.05) is 0 Å². The first kappa shape index (κ1) is 17.1. The van der Waals surface area contributed by atoms with Gasteiger partial charge in [-0.3, -0.25) is 9.69 Å². The standard InChI is InChI=1S/C16H16FN3O5/c1-9-8-12(18-20(9)11-4-2-10(17)3-5-11)19-6-7-25-14(15(19)22)13(21)16(23)24/h2-5,8,13-14,21H,6-7H2,1H3,(H,23,24)/t13?,14-/m1/s1. The molecule has 132 valence electrons. The molecule has 0 bridgehead atoms. The van der Waals surface area contributed by atoms with Crippen LogP contribution in [0.4, 0.5) is 10.2 Å². The minimum Gasteiger partial charge on any atom is -0.479 e. The van der Waals surface area contributed by atoms with Gasteiger partial charge in [-0.15, -0.1) is 5.10 Å². The van der Waals surface area contributed by atoms with Gasteiger partial charge in [0, 0.05) is 11.8 Å². The van der Waals surface area contributed by atoms with Crippen LogP contribution in [0.3, 0.4) is 0 Å². The average Bonchev–Trinajstić information content (AvgIpc) is 2.96. The fraction of sp³-hybridized carbons (Fsp3) is 0.312. The minimum absolute atomic E-state index is 0.0726. The Balaban J connectivity index is 1.89. The van der Waals surface area contributed by atoms with Crippen LogP contribution in [0.2, 0.25) is 0 Å². The molecule has 1 aromatic heterocycles. The molecule has 2 aromatic rings. The maximum atomic E-state index is 13.1. The fourth-order valence-corrected chi connectivity index (χ4v) is 2.62. The van der Waals surface area contributed by atoms with Gasteiger partial charge in [-0.1, -0.05) is 0 Å². The van der Waals surface area contributed by atoms with Crippen LogP contribution in [-0.4, -0.2) is 57.2 Å². The van der Waals surface area contributed by atoms with Crippen molar-refractivity contribution < 1.29 is 28.9 Å². The van der Waals surface area contributed by atoms with Crippen molar-refractivity contribution in [2.45, 2.75) is 19.1 Å². The summed E-state index contributed by atoms with van der Waals surface area (Å²) in [5, 5.41) is 22.8. The highest BCUT2D eigenvalue weighted by atomic mass is 19.1. The van der Waals surface area contributed by atoms with Crippen LogP contribution in [0.25, 0.3) is 5.69 Å². The molecule has 1 fully saturated rings. The predicted octanol–water partition coefficient (Wildman–Crippen LogP) is 0.497. The number of benzene rings is 1. The first-order chi connectivity index (χ1) is 11.9. The number of aromatic nitrogens is 2. The normalized spacial score (nSPS) is 19.1. The molecule has 1 amide bonds. The van der Waals surface area contributed by atoms with E-state index in [4.69, 9.17) is 9.84 Å². The van der Waals surface area contributed by atoms with E-state index in [9.17, 15) is 19.1 Å². The number of aliphatic carboxylic acids is 1. The third kappa shape index (κ3) is 3.24. The van der Waals surface area contributed by atoms with Crippen molar-refractivity contribution in [2.75, 3.05) is 18.1 Å². The molecular formula is C16H16FN3O5. The summed E-state index contributed by atoms with van der Waals surface area (Å²) >= 11 is 0. The molecule has 0 radical (unpaired) electrons. The maximum absolute atomic E-state index is 13.1. The first-order valence-corrected chi connectivity index (χ1v) is 7.55. The lowest BCUT2D eigenvalue weighted by molar-refractivity contribution is -0.163. The van der Waals surface area contributed by atoms with Crippen molar-refractivity contribution in [1.29, 1.82) is 0 Å². The average molecular weight is 349 g/mol. The van der Waals surface area contributed by atoms with E-state index in [-0.39, 0.29) is 19.0 Å². The fourth-order valence-electron chi connectivity index (χ4n) is 2.62. The van der Waals surface area contributed by atoms with Crippen molar-refractivity contribution in [3.63, 3.8) is 0 Å². The summed E-state index contributed by atoms with van der Waals surface area (Å²) in [6.07, 6.45) is -3.43. The van der Waals surface area contributed by atoms with Gasteiger partial charge in [-0.2, -0.15) is 0 Å². The third-order valence-electron chi connectivity index (χ3n) is 3.88. The number of aliphatic hydroxyl groups excluding tert-OH is 1. The molecule has 1 saturated heterocycles. The highest BCUT2D eigenvalue weighted by molar-refractivity contribution is 5.99. The van der Waals surface area contributed by atoms with Crippen LogP contribution in [0.5, 0.6) is 0 Å². The van der Waals surface area contributed by atoms with E-state index in [1.165, 1.54) is 17.0 Å². The van der Waals surface area contributed by atoms with E-state index in [2.05, 4.69) is 5.10 Å². The van der Waals surface area contributed by atoms with Crippen LogP contribution >= 0.6 is 0 Å². The summed E-state index contributed by atoms with van der Waals surface area (Å²) in [5.74, 6) is -2.28. The second kappa shape index (κ2) is 6.61. The molecule has 3 rings (SSSR count). The highest BCUT2D eigenvalue weighted by Gasteiger charge is 2.40. The largest absolute Gasteiger partial charge is 0.479 e. The quantitative estimate of drug-likeness (QED) is 0.833. The molecule has 0 aliphatic carbocycles. The summed E-state index contributed by atoms with van der Waals surface area (Å²) in [6.45, 7) is 2.03. The van der Waals surface area contributed by atoms with Gasteiger partial charge in [0.05, 0.1) is 18.8 Å². The first-order valence-electron chi connectivity index (χ1n) is 7.55. The molecule has 8 nitrogen and oxygen atoms in total. The molecule has 1 unspecified atom stereocenters. The second-order valence-corrected chi connectivity index (χ2v) is 5.60. The van der Waals surface area contributed by atoms with E-state index < -0.39 is 24.1 Å². The van der Waals surface area contributed by atoms with Crippen LogP contribution in [0.1, 0.15) is 5.69 Å². The van der Waals surface area contributed by atoms with Crippen molar-refractivity contribution in [2.24, 2.45) is 0 Å². The van der Waals surface area contributed by atoms with Gasteiger partial charge in [0.25, 0.3) is 5.91 Å². The van der Waals surface area contributed by atoms with Gasteiger partial charge in [0.2, 0.25) is 0 Å². The number of rotatable bonds is 4. The number of anilines is 1. The smallest absolute Gasteiger partial charge is 0.335 e. The number of ether oxygens (including phenoxy) is 1. The lowest BCUT2D eigenvalue weighted by Crippen LogP contribution is -2.54. The zero-order valence-corrected chi connectivity index (χ0v) is 13.3. The molecule has 0 saturated carbocycles. The molecule has 25 heavy (non-hydrogen) atoms. The van der Waals surface area contributed by atoms with Gasteiger partial charge in [0.1, 0.15) is 5.82 Å². The highest BCUT2D eigenvalue weighted by Crippen LogP contribution is 2.22. The number of hydrogen-bond acceptors (Lipinski definition) is 5. The number of carbonyl (C=O) groups excluding carboxylic acids is 1. The van der Waals surface area contributed by atoms with Gasteiger partial charge in [-0.05, 0) is 31.2 Å². The molecule has 9 heteroatoms. The number of nitrogens with zero attached hydrogens (tertiary/aromatic N) is 3. The number of aryl methyl sites for hydroxylation is 1. The molecule has 1 aliphatic heterocycles. The zero-order valence-electron chi connectivity index (χ0n) is 13.3. The van der Waals surface area contributed by atoms with Crippen molar-refractivity contribution in [3.8, 4) is 5.69 Å². The van der Waals surface area contributed by atoms with Crippen molar-refractivity contribution in [1.82, 2.24) is 9.78 Å². The molecule has 2 heterocycles. The summed E-state index contributed by atoms with van der Waals surface area (Å²) < 4.78 is 19.7. The van der Waals surface area contributed by atoms with Crippen molar-refractivity contribution >= 4 is 17.7 Å². The van der Waals surface area contributed by atoms with E-state index in [1.54, 1.807) is 29.8 Å². The summed E-state index contributed by atoms with van der Waals surface area (Å²) in [5.41, 5.74) is 1.32. The van der Waals surface area contributed by atoms with Gasteiger partial charge in [0.15, 0.2) is 18.0 Å². The number of hydrogen-bond donors (Lipinski definition) is 2. The van der Waals surface area contributed by atoms with Crippen LogP contribution < -0.4 is 4.90 Å². The van der Waals surface area contributed by atoms with Crippen molar-refractivity contribution in [3.05, 3.63) is 41.8 Å². The monoisotopic (exact) mass is 349 g/mol. The Morgan fingerprint density at radius 3 is 2.72 bits per heavy atom. The number of carboxylic acid groups (broad SMARTS) is 1. The Kier molecular flexibility index (Phi) is 4.51. The Bertz CT molecular complexity index is 805. The SMILES string of the molecule is Cc1cc(N2CCO[C@H](C(O)C(=O)O)C2=O)nn1-c1ccc(F)cc1. The number of amides is 1. The van der Waals surface area contributed by atoms with Gasteiger partial charge >= 0.3 is 5.97 Å². The topological polar surface area (TPSA) is 105 Å². The number of carboxylic acids is 1. The molecule has 2 N–H and O–H groups in total. The minimum atomic E-state index is -1.95. The molecular weight excluding hydrogens is 333 g/mol. The van der Waals surface area contributed by atoms with Crippen LogP contribution in [-0.2, 0) is 14.3 Å². The Labute approximate surface area is 142 Å². The van der Waals surface area contributed by atoms with Gasteiger partial charge < -0.3 is 14.9 Å². The summed E-state index contributed by atoms with van der Waals surface area (Å²) in [7, 11) is 0. The van der Waals surface area contributed by atoms with E-state index in [0.717, 1.165) is 0 Å². The third-order valence-corrected chi connectivity index (χ3v) is 3.88. The molecule has 0 spiro atoms. The number of aliphatic hydroxyl groups is 1. The zero-order chi connectivity index (χ0) is 18.1. The number of carbonyl (C=O) groups is 2. The molecule has 2 atom stereocenters. The Morgan fingerprint density at radius 1 is 1.40 bits per heavy atom. The predicted molar refractivity (Wildman–Crippen MR) is 84.0 cm³/mol. The van der Waals surface area contributed by atoms with E-state index in [0.29, 0.717) is 17.2 Å². The van der Waals surface area contributed by atoms with E-state index >= 15 is 0 Å². The van der Waals surface area contributed by atoms with Crippen LogP contribution in [0.15, 0.2) is 30.3 Å². The molecule has 1 aromatic carbocycles. The number of morpholine rings is 1. The summed E-state index contributed by atoms with van der Waals surface area (Å²) in [4.78, 5) is 24.6. The maximum Gasteiger partial charge on any atom is 0.335 e. The molecule has 1 aliphatic rings.